The fraction of sp³-hybridized carbons (Fsp3) is 0.623. The summed E-state index contributed by atoms with van der Waals surface area (Å²) in [5, 5.41) is 0. The van der Waals surface area contributed by atoms with Gasteiger partial charge in [0, 0.05) is 19.3 Å². The molecule has 0 saturated heterocycles. The summed E-state index contributed by atoms with van der Waals surface area (Å²) in [5.74, 6) is -1.00. The molecule has 1 atom stereocenters. The third-order valence-corrected chi connectivity index (χ3v) is 11.0. The lowest BCUT2D eigenvalue weighted by molar-refractivity contribution is -0.167. The molecular formula is C61H98O6. The van der Waals surface area contributed by atoms with Crippen LogP contribution < -0.4 is 0 Å². The van der Waals surface area contributed by atoms with Crippen molar-refractivity contribution >= 4 is 17.9 Å². The smallest absolute Gasteiger partial charge is 0.306 e. The van der Waals surface area contributed by atoms with Crippen LogP contribution in [-0.2, 0) is 28.6 Å². The molecule has 67 heavy (non-hydrogen) atoms. The summed E-state index contributed by atoms with van der Waals surface area (Å²) in [7, 11) is 0. The lowest BCUT2D eigenvalue weighted by atomic mass is 10.1. The van der Waals surface area contributed by atoms with Crippen molar-refractivity contribution < 1.29 is 28.6 Å². The molecule has 0 aromatic heterocycles. The molecule has 0 aliphatic heterocycles. The van der Waals surface area contributed by atoms with Crippen molar-refractivity contribution in [3.63, 3.8) is 0 Å². The number of carbonyl (C=O) groups excluding carboxylic acids is 3. The highest BCUT2D eigenvalue weighted by Crippen LogP contribution is 2.14. The molecular weight excluding hydrogens is 829 g/mol. The largest absolute Gasteiger partial charge is 0.462 e. The molecule has 0 aromatic rings. The van der Waals surface area contributed by atoms with E-state index in [2.05, 4.69) is 118 Å². The highest BCUT2D eigenvalue weighted by Gasteiger charge is 2.19. The van der Waals surface area contributed by atoms with Gasteiger partial charge in [-0.2, -0.15) is 0 Å². The molecule has 0 rings (SSSR count). The zero-order valence-corrected chi connectivity index (χ0v) is 43.1. The summed E-state index contributed by atoms with van der Waals surface area (Å²) in [5.41, 5.74) is 0. The summed E-state index contributed by atoms with van der Waals surface area (Å²) >= 11 is 0. The van der Waals surface area contributed by atoms with Gasteiger partial charge < -0.3 is 14.2 Å². The van der Waals surface area contributed by atoms with Gasteiger partial charge >= 0.3 is 17.9 Å². The Balaban J connectivity index is 4.54. The predicted octanol–water partition coefficient (Wildman–Crippen LogP) is 18.1. The minimum absolute atomic E-state index is 0.113. The zero-order valence-electron chi connectivity index (χ0n) is 43.1. The van der Waals surface area contributed by atoms with E-state index in [4.69, 9.17) is 14.2 Å². The monoisotopic (exact) mass is 927 g/mol. The number of rotatable bonds is 47. The number of unbranched alkanes of at least 4 members (excludes halogenated alkanes) is 19. The van der Waals surface area contributed by atoms with Crippen LogP contribution in [-0.4, -0.2) is 37.2 Å². The fourth-order valence-corrected chi connectivity index (χ4v) is 7.01. The van der Waals surface area contributed by atoms with Crippen molar-refractivity contribution in [3.8, 4) is 0 Å². The summed E-state index contributed by atoms with van der Waals surface area (Å²) in [6.45, 7) is 6.30. The van der Waals surface area contributed by atoms with Crippen molar-refractivity contribution in [1.29, 1.82) is 0 Å². The standard InChI is InChI=1S/C61H98O6/c1-4-7-10-13-16-19-22-25-28-30-33-36-39-42-45-48-51-54-60(63)66-57-58(56-65-59(62)53-50-47-44-41-38-35-32-27-24-21-18-15-12-9-6-3)67-61(64)55-52-49-46-43-40-37-34-31-29-26-23-20-17-14-11-8-5-2/h7,9-10,12,15-16,18-19,21,24-29,32-33,36,42,45,58H,4-6,8,11,13-14,17,20,22-23,30-31,34-35,37-41,43-44,46-57H2,1-3H3/b10-7-,12-9-,18-15-,19-16-,24-21-,28-25-,29-26-,32-27-,36-33-,45-42-. The molecule has 6 nitrogen and oxygen atoms in total. The van der Waals surface area contributed by atoms with Gasteiger partial charge in [0.05, 0.1) is 0 Å². The average Bonchev–Trinajstić information content (AvgIpc) is 3.33. The van der Waals surface area contributed by atoms with Gasteiger partial charge in [-0.1, -0.05) is 226 Å². The summed E-state index contributed by atoms with van der Waals surface area (Å²) in [6.07, 6.45) is 74.7. The van der Waals surface area contributed by atoms with Gasteiger partial charge in [-0.25, -0.2) is 0 Å². The van der Waals surface area contributed by atoms with Crippen molar-refractivity contribution in [1.82, 2.24) is 0 Å². The van der Waals surface area contributed by atoms with Crippen LogP contribution in [0.5, 0.6) is 0 Å². The molecule has 0 heterocycles. The Kier molecular flexibility index (Phi) is 51.0. The number of ether oxygens (including phenoxy) is 3. The molecule has 0 bridgehead atoms. The van der Waals surface area contributed by atoms with Gasteiger partial charge in [0.25, 0.3) is 0 Å². The van der Waals surface area contributed by atoms with Crippen LogP contribution in [0, 0.1) is 0 Å². The third kappa shape index (κ3) is 52.6. The van der Waals surface area contributed by atoms with Crippen LogP contribution in [0.1, 0.15) is 226 Å². The molecule has 0 saturated carbocycles. The minimum atomic E-state index is -0.817. The van der Waals surface area contributed by atoms with Crippen LogP contribution in [0.3, 0.4) is 0 Å². The predicted molar refractivity (Wildman–Crippen MR) is 288 cm³/mol. The topological polar surface area (TPSA) is 78.9 Å². The highest BCUT2D eigenvalue weighted by atomic mass is 16.6. The van der Waals surface area contributed by atoms with Gasteiger partial charge in [-0.15, -0.1) is 0 Å². The Labute approximate surface area is 412 Å². The lowest BCUT2D eigenvalue weighted by Gasteiger charge is -2.18. The molecule has 0 N–H and O–H groups in total. The van der Waals surface area contributed by atoms with Crippen LogP contribution in [0.4, 0.5) is 0 Å². The molecule has 0 aliphatic carbocycles. The second kappa shape index (κ2) is 54.4. The third-order valence-electron chi connectivity index (χ3n) is 11.0. The first kappa shape index (κ1) is 62.8. The second-order valence-electron chi connectivity index (χ2n) is 17.5. The Morgan fingerprint density at radius 1 is 0.328 bits per heavy atom. The van der Waals surface area contributed by atoms with E-state index < -0.39 is 6.10 Å². The van der Waals surface area contributed by atoms with E-state index in [0.29, 0.717) is 19.3 Å². The van der Waals surface area contributed by atoms with E-state index in [-0.39, 0.29) is 37.5 Å². The van der Waals surface area contributed by atoms with Crippen LogP contribution in [0.15, 0.2) is 122 Å². The molecule has 0 fully saturated rings. The first-order valence-corrected chi connectivity index (χ1v) is 27.1. The van der Waals surface area contributed by atoms with E-state index in [1.807, 2.05) is 24.3 Å². The maximum Gasteiger partial charge on any atom is 0.306 e. The number of carbonyl (C=O) groups is 3. The summed E-state index contributed by atoms with van der Waals surface area (Å²) < 4.78 is 16.8. The Hall–Kier alpha value is -4.19. The van der Waals surface area contributed by atoms with E-state index >= 15 is 0 Å². The molecule has 1 unspecified atom stereocenters. The van der Waals surface area contributed by atoms with Crippen molar-refractivity contribution in [2.45, 2.75) is 232 Å². The van der Waals surface area contributed by atoms with Gasteiger partial charge in [0.15, 0.2) is 6.10 Å². The van der Waals surface area contributed by atoms with E-state index in [9.17, 15) is 14.4 Å². The normalized spacial score (nSPS) is 13.1. The SMILES string of the molecule is CC\C=C/C=C\C=C/C=C\CCCCCCCC(=O)OCC(COC(=O)CCC/C=C\C/C=C\C/C=C\C/C=C\C/C=C\CC)OC(=O)CCCCCCCCC/C=C\CCCCCCCC. The van der Waals surface area contributed by atoms with Gasteiger partial charge in [-0.3, -0.25) is 14.4 Å². The maximum absolute atomic E-state index is 12.8. The molecule has 0 aliphatic rings. The molecule has 0 spiro atoms. The van der Waals surface area contributed by atoms with Crippen LogP contribution in [0.2, 0.25) is 0 Å². The van der Waals surface area contributed by atoms with E-state index in [1.165, 1.54) is 77.0 Å². The molecule has 0 amide bonds. The van der Waals surface area contributed by atoms with Gasteiger partial charge in [0.2, 0.25) is 0 Å². The first-order chi connectivity index (χ1) is 33.0. The van der Waals surface area contributed by atoms with E-state index in [1.54, 1.807) is 0 Å². The second-order valence-corrected chi connectivity index (χ2v) is 17.5. The summed E-state index contributed by atoms with van der Waals surface area (Å²) in [6, 6.07) is 0. The van der Waals surface area contributed by atoms with Crippen molar-refractivity contribution in [3.05, 3.63) is 122 Å². The number of esters is 3. The number of hydrogen-bond acceptors (Lipinski definition) is 6. The van der Waals surface area contributed by atoms with Crippen LogP contribution in [0.25, 0.3) is 0 Å². The lowest BCUT2D eigenvalue weighted by Crippen LogP contribution is -2.30. The first-order valence-electron chi connectivity index (χ1n) is 27.1. The molecule has 0 aromatic carbocycles. The average molecular weight is 927 g/mol. The van der Waals surface area contributed by atoms with Crippen molar-refractivity contribution in [2.75, 3.05) is 13.2 Å². The van der Waals surface area contributed by atoms with Crippen LogP contribution >= 0.6 is 0 Å². The zero-order chi connectivity index (χ0) is 48.6. The van der Waals surface area contributed by atoms with Gasteiger partial charge in [-0.05, 0) is 103 Å². The summed E-state index contributed by atoms with van der Waals surface area (Å²) in [4.78, 5) is 38.1. The Morgan fingerprint density at radius 2 is 0.672 bits per heavy atom. The van der Waals surface area contributed by atoms with Gasteiger partial charge in [0.1, 0.15) is 13.2 Å². The minimum Gasteiger partial charge on any atom is -0.462 e. The molecule has 378 valence electrons. The highest BCUT2D eigenvalue weighted by molar-refractivity contribution is 5.71. The molecule has 0 radical (unpaired) electrons. The number of hydrogen-bond donors (Lipinski definition) is 0. The fourth-order valence-electron chi connectivity index (χ4n) is 7.01. The van der Waals surface area contributed by atoms with Crippen molar-refractivity contribution in [2.24, 2.45) is 0 Å². The maximum atomic E-state index is 12.8. The number of allylic oxidation sites excluding steroid dienone is 20. The quantitative estimate of drug-likeness (QED) is 0.0199. The Morgan fingerprint density at radius 3 is 1.16 bits per heavy atom. The Bertz CT molecular complexity index is 1440. The van der Waals surface area contributed by atoms with E-state index in [0.717, 1.165) is 103 Å². The molecule has 6 heteroatoms.